The number of ether oxygens (including phenoxy) is 1. The van der Waals surface area contributed by atoms with Crippen molar-refractivity contribution in [3.8, 4) is 17.1 Å². The minimum Gasteiger partial charge on any atom is -0.496 e. The van der Waals surface area contributed by atoms with E-state index in [0.717, 1.165) is 41.7 Å². The summed E-state index contributed by atoms with van der Waals surface area (Å²) in [5, 5.41) is 11.7. The Hall–Kier alpha value is -2.04. The van der Waals surface area contributed by atoms with Gasteiger partial charge in [-0.3, -0.25) is 4.57 Å². The number of aryl methyl sites for hydroxylation is 1. The third-order valence-corrected chi connectivity index (χ3v) is 3.07. The standard InChI is InChI=1S/C14H20N4O/c1-5-15-14-17-16-13(18(14)6-2)11-8-7-10(3)12(9-11)19-4/h7-9H,5-6H2,1-4H3,(H,15,17). The predicted octanol–water partition coefficient (Wildman–Crippen LogP) is 2.71. The zero-order valence-electron chi connectivity index (χ0n) is 11.9. The van der Waals surface area contributed by atoms with Crippen LogP contribution >= 0.6 is 0 Å². The minimum absolute atomic E-state index is 0.805. The highest BCUT2D eigenvalue weighted by atomic mass is 16.5. The van der Waals surface area contributed by atoms with Gasteiger partial charge in [0.25, 0.3) is 0 Å². The SMILES string of the molecule is CCNc1nnc(-c2ccc(C)c(OC)c2)n1CC. The molecule has 0 spiro atoms. The maximum Gasteiger partial charge on any atom is 0.224 e. The van der Waals surface area contributed by atoms with Gasteiger partial charge in [0.05, 0.1) is 7.11 Å². The summed E-state index contributed by atoms with van der Waals surface area (Å²) in [6.45, 7) is 7.80. The fourth-order valence-corrected chi connectivity index (χ4v) is 2.06. The molecule has 2 rings (SSSR count). The van der Waals surface area contributed by atoms with Crippen molar-refractivity contribution in [1.82, 2.24) is 14.8 Å². The molecule has 2 aromatic rings. The van der Waals surface area contributed by atoms with Gasteiger partial charge in [0.2, 0.25) is 5.95 Å². The molecule has 5 nitrogen and oxygen atoms in total. The van der Waals surface area contributed by atoms with E-state index < -0.39 is 0 Å². The molecule has 0 aliphatic carbocycles. The van der Waals surface area contributed by atoms with Crippen LogP contribution in [-0.2, 0) is 6.54 Å². The number of aromatic nitrogens is 3. The number of benzene rings is 1. The normalized spacial score (nSPS) is 10.5. The van der Waals surface area contributed by atoms with Crippen LogP contribution in [0.3, 0.4) is 0 Å². The summed E-state index contributed by atoms with van der Waals surface area (Å²) in [4.78, 5) is 0. The molecule has 19 heavy (non-hydrogen) atoms. The molecular formula is C14H20N4O. The molecule has 0 unspecified atom stereocenters. The van der Waals surface area contributed by atoms with E-state index in [1.807, 2.05) is 32.0 Å². The topological polar surface area (TPSA) is 52.0 Å². The van der Waals surface area contributed by atoms with Crippen LogP contribution in [0.4, 0.5) is 5.95 Å². The molecule has 1 aromatic carbocycles. The Morgan fingerprint density at radius 3 is 2.68 bits per heavy atom. The summed E-state index contributed by atoms with van der Waals surface area (Å²) < 4.78 is 7.42. The molecule has 0 fully saturated rings. The van der Waals surface area contributed by atoms with Gasteiger partial charge in [-0.2, -0.15) is 0 Å². The molecule has 1 heterocycles. The van der Waals surface area contributed by atoms with Crippen molar-refractivity contribution >= 4 is 5.95 Å². The van der Waals surface area contributed by atoms with Crippen LogP contribution in [0.2, 0.25) is 0 Å². The Balaban J connectivity index is 2.46. The molecule has 1 aromatic heterocycles. The van der Waals surface area contributed by atoms with E-state index in [9.17, 15) is 0 Å². The van der Waals surface area contributed by atoms with Crippen LogP contribution in [-0.4, -0.2) is 28.4 Å². The maximum absolute atomic E-state index is 5.36. The van der Waals surface area contributed by atoms with Crippen molar-refractivity contribution in [2.45, 2.75) is 27.3 Å². The molecule has 5 heteroatoms. The predicted molar refractivity (Wildman–Crippen MR) is 76.6 cm³/mol. The Labute approximate surface area is 113 Å². The van der Waals surface area contributed by atoms with E-state index in [0.29, 0.717) is 0 Å². The van der Waals surface area contributed by atoms with Gasteiger partial charge in [-0.15, -0.1) is 10.2 Å². The lowest BCUT2D eigenvalue weighted by atomic mass is 10.1. The monoisotopic (exact) mass is 260 g/mol. The molecule has 0 aliphatic heterocycles. The first kappa shape index (κ1) is 13.4. The summed E-state index contributed by atoms with van der Waals surface area (Å²) in [6, 6.07) is 6.08. The molecule has 0 bridgehead atoms. The van der Waals surface area contributed by atoms with Crippen LogP contribution in [0.25, 0.3) is 11.4 Å². The summed E-state index contributed by atoms with van der Waals surface area (Å²) in [7, 11) is 1.68. The Morgan fingerprint density at radius 1 is 1.26 bits per heavy atom. The lowest BCUT2D eigenvalue weighted by Gasteiger charge is -2.10. The average molecular weight is 260 g/mol. The average Bonchev–Trinajstić information content (AvgIpc) is 2.82. The van der Waals surface area contributed by atoms with E-state index >= 15 is 0 Å². The lowest BCUT2D eigenvalue weighted by molar-refractivity contribution is 0.412. The summed E-state index contributed by atoms with van der Waals surface area (Å²) in [5.41, 5.74) is 2.13. The van der Waals surface area contributed by atoms with Crippen molar-refractivity contribution in [3.05, 3.63) is 23.8 Å². The maximum atomic E-state index is 5.36. The van der Waals surface area contributed by atoms with Gasteiger partial charge in [0.15, 0.2) is 5.82 Å². The Bertz CT molecular complexity index is 563. The first-order valence-corrected chi connectivity index (χ1v) is 6.53. The van der Waals surface area contributed by atoms with Crippen LogP contribution in [0.5, 0.6) is 5.75 Å². The highest BCUT2D eigenvalue weighted by Crippen LogP contribution is 2.27. The lowest BCUT2D eigenvalue weighted by Crippen LogP contribution is -2.06. The zero-order chi connectivity index (χ0) is 13.8. The molecule has 1 N–H and O–H groups in total. The van der Waals surface area contributed by atoms with Gasteiger partial charge in [-0.1, -0.05) is 12.1 Å². The first-order valence-electron chi connectivity index (χ1n) is 6.53. The summed E-state index contributed by atoms with van der Waals surface area (Å²) >= 11 is 0. The van der Waals surface area contributed by atoms with E-state index in [1.165, 1.54) is 0 Å². The van der Waals surface area contributed by atoms with E-state index in [-0.39, 0.29) is 0 Å². The zero-order valence-corrected chi connectivity index (χ0v) is 11.9. The molecule has 0 aliphatic rings. The second-order valence-corrected chi connectivity index (χ2v) is 4.31. The number of hydrogen-bond acceptors (Lipinski definition) is 4. The van der Waals surface area contributed by atoms with Crippen molar-refractivity contribution in [3.63, 3.8) is 0 Å². The molecular weight excluding hydrogens is 240 g/mol. The third-order valence-electron chi connectivity index (χ3n) is 3.07. The van der Waals surface area contributed by atoms with Gasteiger partial charge in [-0.05, 0) is 32.4 Å². The number of methoxy groups -OCH3 is 1. The highest BCUT2D eigenvalue weighted by molar-refractivity contribution is 5.61. The number of anilines is 1. The molecule has 0 amide bonds. The van der Waals surface area contributed by atoms with Gasteiger partial charge in [0.1, 0.15) is 5.75 Å². The number of nitrogens with zero attached hydrogens (tertiary/aromatic N) is 3. The second-order valence-electron chi connectivity index (χ2n) is 4.31. The van der Waals surface area contributed by atoms with Crippen LogP contribution in [0, 0.1) is 6.92 Å². The number of rotatable bonds is 5. The molecule has 0 atom stereocenters. The van der Waals surface area contributed by atoms with E-state index in [2.05, 4.69) is 27.0 Å². The van der Waals surface area contributed by atoms with Crippen LogP contribution in [0.1, 0.15) is 19.4 Å². The van der Waals surface area contributed by atoms with E-state index in [4.69, 9.17) is 4.74 Å². The van der Waals surface area contributed by atoms with Crippen molar-refractivity contribution in [2.75, 3.05) is 19.0 Å². The van der Waals surface area contributed by atoms with Crippen LogP contribution in [0.15, 0.2) is 18.2 Å². The highest BCUT2D eigenvalue weighted by Gasteiger charge is 2.13. The fourth-order valence-electron chi connectivity index (χ4n) is 2.06. The van der Waals surface area contributed by atoms with Gasteiger partial charge in [0, 0.05) is 18.7 Å². The van der Waals surface area contributed by atoms with Crippen LogP contribution < -0.4 is 10.1 Å². The molecule has 0 radical (unpaired) electrons. The fraction of sp³-hybridized carbons (Fsp3) is 0.429. The molecule has 0 saturated heterocycles. The number of nitrogens with one attached hydrogen (secondary N) is 1. The second kappa shape index (κ2) is 5.73. The van der Waals surface area contributed by atoms with Crippen molar-refractivity contribution < 1.29 is 4.74 Å². The quantitative estimate of drug-likeness (QED) is 0.898. The van der Waals surface area contributed by atoms with Crippen molar-refractivity contribution in [1.29, 1.82) is 0 Å². The van der Waals surface area contributed by atoms with Crippen molar-refractivity contribution in [2.24, 2.45) is 0 Å². The Kier molecular flexibility index (Phi) is 4.04. The van der Waals surface area contributed by atoms with Gasteiger partial charge in [-0.25, -0.2) is 0 Å². The third kappa shape index (κ3) is 2.54. The van der Waals surface area contributed by atoms with Gasteiger partial charge >= 0.3 is 0 Å². The minimum atomic E-state index is 0.805. The smallest absolute Gasteiger partial charge is 0.224 e. The summed E-state index contributed by atoms with van der Waals surface area (Å²) in [6.07, 6.45) is 0. The largest absolute Gasteiger partial charge is 0.496 e. The summed E-state index contributed by atoms with van der Waals surface area (Å²) in [5.74, 6) is 2.53. The molecule has 0 saturated carbocycles. The van der Waals surface area contributed by atoms with Gasteiger partial charge < -0.3 is 10.1 Å². The Morgan fingerprint density at radius 2 is 2.05 bits per heavy atom. The first-order chi connectivity index (χ1) is 9.21. The van der Waals surface area contributed by atoms with E-state index in [1.54, 1.807) is 7.11 Å². The molecule has 102 valence electrons. The number of hydrogen-bond donors (Lipinski definition) is 1.